The van der Waals surface area contributed by atoms with Crippen LogP contribution in [0.15, 0.2) is 34.8 Å². The van der Waals surface area contributed by atoms with E-state index in [9.17, 15) is 4.79 Å². The standard InChI is InChI=1S/C16H20BrN3O/c1-3-20-15(16(17)11(2)19-20)10-13(21)9-14(18)12-7-5-4-6-8-12/h4-8,14H,3,9-10,18H2,1-2H3. The van der Waals surface area contributed by atoms with Gasteiger partial charge in [0, 0.05) is 25.4 Å². The molecule has 2 aromatic rings. The van der Waals surface area contributed by atoms with E-state index in [0.717, 1.165) is 28.0 Å². The van der Waals surface area contributed by atoms with Gasteiger partial charge in [-0.3, -0.25) is 9.48 Å². The number of hydrogen-bond donors (Lipinski definition) is 1. The lowest BCUT2D eigenvalue weighted by Gasteiger charge is -2.11. The molecule has 0 aliphatic heterocycles. The number of hydrogen-bond acceptors (Lipinski definition) is 3. The van der Waals surface area contributed by atoms with E-state index in [1.165, 1.54) is 0 Å². The lowest BCUT2D eigenvalue weighted by Crippen LogP contribution is -2.18. The molecule has 0 saturated heterocycles. The lowest BCUT2D eigenvalue weighted by molar-refractivity contribution is -0.118. The third-order valence-corrected chi connectivity index (χ3v) is 4.52. The van der Waals surface area contributed by atoms with Gasteiger partial charge in [-0.15, -0.1) is 0 Å². The number of halogens is 1. The van der Waals surface area contributed by atoms with Gasteiger partial charge in [0.15, 0.2) is 0 Å². The Morgan fingerprint density at radius 2 is 2.05 bits per heavy atom. The maximum atomic E-state index is 12.3. The van der Waals surface area contributed by atoms with Gasteiger partial charge in [-0.25, -0.2) is 0 Å². The second-order valence-corrected chi connectivity index (χ2v) is 5.89. The number of nitrogens with two attached hydrogens (primary N) is 1. The quantitative estimate of drug-likeness (QED) is 0.871. The molecule has 1 aromatic heterocycles. The Bertz CT molecular complexity index is 622. The minimum atomic E-state index is -0.253. The molecule has 5 heteroatoms. The van der Waals surface area contributed by atoms with Crippen LogP contribution < -0.4 is 5.73 Å². The molecule has 0 bridgehead atoms. The number of aromatic nitrogens is 2. The van der Waals surface area contributed by atoms with Crippen LogP contribution in [0.1, 0.15) is 36.3 Å². The van der Waals surface area contributed by atoms with Gasteiger partial charge >= 0.3 is 0 Å². The first-order chi connectivity index (χ1) is 10.0. The second kappa shape index (κ2) is 7.00. The Morgan fingerprint density at radius 3 is 2.67 bits per heavy atom. The summed E-state index contributed by atoms with van der Waals surface area (Å²) in [6, 6.07) is 9.47. The van der Waals surface area contributed by atoms with E-state index < -0.39 is 0 Å². The van der Waals surface area contributed by atoms with Crippen molar-refractivity contribution in [2.24, 2.45) is 5.73 Å². The highest BCUT2D eigenvalue weighted by atomic mass is 79.9. The van der Waals surface area contributed by atoms with Crippen molar-refractivity contribution in [2.45, 2.75) is 39.3 Å². The van der Waals surface area contributed by atoms with Gasteiger partial charge in [-0.2, -0.15) is 5.10 Å². The molecule has 1 heterocycles. The summed E-state index contributed by atoms with van der Waals surface area (Å²) in [5.74, 6) is 0.127. The molecule has 2 N–H and O–H groups in total. The summed E-state index contributed by atoms with van der Waals surface area (Å²) in [6.07, 6.45) is 0.695. The predicted molar refractivity (Wildman–Crippen MR) is 87.0 cm³/mol. The summed E-state index contributed by atoms with van der Waals surface area (Å²) in [5.41, 5.74) is 8.94. The maximum Gasteiger partial charge on any atom is 0.140 e. The van der Waals surface area contributed by atoms with Crippen molar-refractivity contribution in [1.82, 2.24) is 9.78 Å². The van der Waals surface area contributed by atoms with Crippen molar-refractivity contribution in [3.63, 3.8) is 0 Å². The molecule has 1 atom stereocenters. The van der Waals surface area contributed by atoms with Gasteiger partial charge in [-0.05, 0) is 35.3 Å². The van der Waals surface area contributed by atoms with Crippen LogP contribution in [0.5, 0.6) is 0 Å². The van der Waals surface area contributed by atoms with E-state index in [1.54, 1.807) is 0 Å². The summed E-state index contributed by atoms with van der Waals surface area (Å²) in [4.78, 5) is 12.3. The van der Waals surface area contributed by atoms with E-state index >= 15 is 0 Å². The van der Waals surface area contributed by atoms with Crippen LogP contribution in [0.3, 0.4) is 0 Å². The zero-order valence-corrected chi connectivity index (χ0v) is 13.9. The van der Waals surface area contributed by atoms with Gasteiger partial charge in [-0.1, -0.05) is 30.3 Å². The molecule has 0 saturated carbocycles. The number of rotatable bonds is 6. The predicted octanol–water partition coefficient (Wildman–Crippen LogP) is 3.18. The van der Waals surface area contributed by atoms with E-state index in [0.29, 0.717) is 12.8 Å². The van der Waals surface area contributed by atoms with Crippen LogP contribution in [0.2, 0.25) is 0 Å². The maximum absolute atomic E-state index is 12.3. The number of benzene rings is 1. The molecule has 0 fully saturated rings. The fourth-order valence-electron chi connectivity index (χ4n) is 2.36. The van der Waals surface area contributed by atoms with Crippen LogP contribution >= 0.6 is 15.9 Å². The monoisotopic (exact) mass is 349 g/mol. The Hall–Kier alpha value is -1.46. The summed E-state index contributed by atoms with van der Waals surface area (Å²) < 4.78 is 2.79. The largest absolute Gasteiger partial charge is 0.324 e. The number of Topliss-reactive ketones (excluding diaryl/α,β-unsaturated/α-hetero) is 1. The van der Waals surface area contributed by atoms with Crippen LogP contribution in [-0.2, 0) is 17.8 Å². The molecule has 0 amide bonds. The number of aryl methyl sites for hydroxylation is 2. The fraction of sp³-hybridized carbons (Fsp3) is 0.375. The topological polar surface area (TPSA) is 60.9 Å². The number of carbonyl (C=O) groups is 1. The van der Waals surface area contributed by atoms with Crippen LogP contribution in [0.25, 0.3) is 0 Å². The third-order valence-electron chi connectivity index (χ3n) is 3.49. The summed E-state index contributed by atoms with van der Waals surface area (Å²) in [7, 11) is 0. The molecule has 21 heavy (non-hydrogen) atoms. The molecular weight excluding hydrogens is 330 g/mol. The molecule has 1 aromatic carbocycles. The molecule has 0 aliphatic rings. The van der Waals surface area contributed by atoms with Gasteiger partial charge in [0.2, 0.25) is 0 Å². The minimum Gasteiger partial charge on any atom is -0.324 e. The minimum absolute atomic E-state index is 0.127. The lowest BCUT2D eigenvalue weighted by atomic mass is 10.0. The van der Waals surface area contributed by atoms with Crippen molar-refractivity contribution in [3.05, 3.63) is 51.8 Å². The van der Waals surface area contributed by atoms with E-state index in [-0.39, 0.29) is 11.8 Å². The first-order valence-corrected chi connectivity index (χ1v) is 7.86. The fourth-order valence-corrected chi connectivity index (χ4v) is 2.78. The Morgan fingerprint density at radius 1 is 1.38 bits per heavy atom. The zero-order chi connectivity index (χ0) is 15.4. The molecule has 0 radical (unpaired) electrons. The van der Waals surface area contributed by atoms with E-state index in [4.69, 9.17) is 5.73 Å². The molecule has 2 rings (SSSR count). The smallest absolute Gasteiger partial charge is 0.140 e. The van der Waals surface area contributed by atoms with E-state index in [2.05, 4.69) is 21.0 Å². The van der Waals surface area contributed by atoms with Crippen molar-refractivity contribution in [2.75, 3.05) is 0 Å². The molecule has 1 unspecified atom stereocenters. The van der Waals surface area contributed by atoms with Crippen molar-refractivity contribution >= 4 is 21.7 Å². The summed E-state index contributed by atoms with van der Waals surface area (Å²) >= 11 is 3.51. The normalized spacial score (nSPS) is 12.4. The Balaban J connectivity index is 2.06. The number of carbonyl (C=O) groups excluding carboxylic acids is 1. The van der Waals surface area contributed by atoms with Crippen LogP contribution in [0, 0.1) is 6.92 Å². The third kappa shape index (κ3) is 3.80. The SMILES string of the molecule is CCn1nc(C)c(Br)c1CC(=O)CC(N)c1ccccc1. The van der Waals surface area contributed by atoms with Gasteiger partial charge in [0.1, 0.15) is 5.78 Å². The first-order valence-electron chi connectivity index (χ1n) is 7.07. The van der Waals surface area contributed by atoms with Crippen molar-refractivity contribution in [3.8, 4) is 0 Å². The van der Waals surface area contributed by atoms with Gasteiger partial charge in [0.05, 0.1) is 15.9 Å². The molecule has 4 nitrogen and oxygen atoms in total. The Labute approximate surface area is 133 Å². The average Bonchev–Trinajstić information content (AvgIpc) is 2.75. The molecule has 0 aliphatic carbocycles. The highest BCUT2D eigenvalue weighted by molar-refractivity contribution is 9.10. The average molecular weight is 350 g/mol. The Kier molecular flexibility index (Phi) is 5.31. The van der Waals surface area contributed by atoms with Crippen molar-refractivity contribution in [1.29, 1.82) is 0 Å². The number of ketones is 1. The molecular formula is C16H20BrN3O. The highest BCUT2D eigenvalue weighted by Gasteiger charge is 2.18. The molecule has 0 spiro atoms. The van der Waals surface area contributed by atoms with Gasteiger partial charge < -0.3 is 5.73 Å². The van der Waals surface area contributed by atoms with Crippen LogP contribution in [0.4, 0.5) is 0 Å². The van der Waals surface area contributed by atoms with Gasteiger partial charge in [0.25, 0.3) is 0 Å². The second-order valence-electron chi connectivity index (χ2n) is 5.10. The highest BCUT2D eigenvalue weighted by Crippen LogP contribution is 2.23. The zero-order valence-electron chi connectivity index (χ0n) is 12.3. The van der Waals surface area contributed by atoms with Crippen molar-refractivity contribution < 1.29 is 4.79 Å². The van der Waals surface area contributed by atoms with E-state index in [1.807, 2.05) is 48.9 Å². The number of nitrogens with zero attached hydrogens (tertiary/aromatic N) is 2. The summed E-state index contributed by atoms with van der Waals surface area (Å²) in [5, 5.41) is 4.41. The van der Waals surface area contributed by atoms with Crippen LogP contribution in [-0.4, -0.2) is 15.6 Å². The first kappa shape index (κ1) is 15.9. The summed E-state index contributed by atoms with van der Waals surface area (Å²) in [6.45, 7) is 4.70. The molecule has 112 valence electrons.